The first-order chi connectivity index (χ1) is 6.87. The highest BCUT2D eigenvalue weighted by Crippen LogP contribution is 2.03. The highest BCUT2D eigenvalue weighted by atomic mass is 16.1. The number of nitrogens with one attached hydrogen (secondary N) is 1. The molecule has 1 rings (SSSR count). The van der Waals surface area contributed by atoms with Gasteiger partial charge in [-0.2, -0.15) is 0 Å². The molecule has 0 saturated heterocycles. The summed E-state index contributed by atoms with van der Waals surface area (Å²) in [5, 5.41) is 2.87. The van der Waals surface area contributed by atoms with E-state index in [-0.39, 0.29) is 17.9 Å². The molecule has 4 nitrogen and oxygen atoms in total. The Hall–Kier alpha value is -1.58. The van der Waals surface area contributed by atoms with Gasteiger partial charge in [0.2, 0.25) is 5.91 Å². The summed E-state index contributed by atoms with van der Waals surface area (Å²) in [6, 6.07) is 3.50. The van der Waals surface area contributed by atoms with Crippen molar-refractivity contribution in [3.8, 4) is 0 Å². The molecular weight excluding hydrogens is 190 g/mol. The van der Waals surface area contributed by atoms with Gasteiger partial charge >= 0.3 is 0 Å². The molecule has 0 radical (unpaired) electrons. The molecule has 0 aliphatic heterocycles. The number of pyridine rings is 1. The van der Waals surface area contributed by atoms with Crippen LogP contribution in [0, 0.1) is 0 Å². The van der Waals surface area contributed by atoms with Crippen LogP contribution in [0.25, 0.3) is 0 Å². The Morgan fingerprint density at radius 1 is 1.47 bits per heavy atom. The molecule has 0 atom stereocenters. The van der Waals surface area contributed by atoms with Gasteiger partial charge in [-0.1, -0.05) is 0 Å². The lowest BCUT2D eigenvalue weighted by molar-refractivity contribution is -0.121. The number of hydrogen-bond donors (Lipinski definition) is 2. The maximum Gasteiger partial charge on any atom is 0.226 e. The second-order valence-corrected chi connectivity index (χ2v) is 4.56. The van der Waals surface area contributed by atoms with Crippen molar-refractivity contribution in [3.05, 3.63) is 24.0 Å². The van der Waals surface area contributed by atoms with E-state index >= 15 is 0 Å². The van der Waals surface area contributed by atoms with Crippen LogP contribution in [0.15, 0.2) is 18.3 Å². The average molecular weight is 207 g/mol. The van der Waals surface area contributed by atoms with Crippen LogP contribution in [0.2, 0.25) is 0 Å². The lowest BCUT2D eigenvalue weighted by atomic mass is 10.1. The minimum absolute atomic E-state index is 0.0280. The summed E-state index contributed by atoms with van der Waals surface area (Å²) in [6.45, 7) is 5.84. The fraction of sp³-hybridized carbons (Fsp3) is 0.455. The number of carbonyl (C=O) groups excluding carboxylic acids is 1. The van der Waals surface area contributed by atoms with Crippen molar-refractivity contribution in [2.24, 2.45) is 0 Å². The number of nitrogens with zero attached hydrogens (tertiary/aromatic N) is 1. The zero-order valence-electron chi connectivity index (χ0n) is 9.37. The second-order valence-electron chi connectivity index (χ2n) is 4.56. The van der Waals surface area contributed by atoms with Gasteiger partial charge in [0, 0.05) is 11.2 Å². The molecule has 0 unspecified atom stereocenters. The molecule has 1 amide bonds. The third kappa shape index (κ3) is 4.44. The van der Waals surface area contributed by atoms with E-state index in [1.807, 2.05) is 20.8 Å². The predicted octanol–water partition coefficient (Wildman–Crippen LogP) is 1.12. The molecular formula is C11H17N3O. The molecule has 1 aromatic rings. The second kappa shape index (κ2) is 4.29. The van der Waals surface area contributed by atoms with Crippen LogP contribution in [0.1, 0.15) is 26.5 Å². The Morgan fingerprint density at radius 3 is 2.60 bits per heavy atom. The van der Waals surface area contributed by atoms with Crippen molar-refractivity contribution in [2.45, 2.75) is 32.7 Å². The SMILES string of the molecule is CC(C)(C)NC(=O)Cc1ccc(N)cn1. The van der Waals surface area contributed by atoms with E-state index in [0.717, 1.165) is 5.69 Å². The van der Waals surface area contributed by atoms with Crippen LogP contribution in [0.4, 0.5) is 5.69 Å². The van der Waals surface area contributed by atoms with Crippen LogP contribution >= 0.6 is 0 Å². The Morgan fingerprint density at radius 2 is 2.13 bits per heavy atom. The third-order valence-electron chi connectivity index (χ3n) is 1.70. The minimum atomic E-state index is -0.203. The van der Waals surface area contributed by atoms with E-state index in [1.54, 1.807) is 18.3 Å². The lowest BCUT2D eigenvalue weighted by Crippen LogP contribution is -2.41. The molecule has 0 aliphatic carbocycles. The summed E-state index contributed by atoms with van der Waals surface area (Å²) in [7, 11) is 0. The number of rotatable bonds is 2. The van der Waals surface area contributed by atoms with Gasteiger partial charge < -0.3 is 11.1 Å². The first-order valence-corrected chi connectivity index (χ1v) is 4.88. The predicted molar refractivity (Wildman–Crippen MR) is 60.2 cm³/mol. The number of nitrogens with two attached hydrogens (primary N) is 1. The van der Waals surface area contributed by atoms with E-state index in [4.69, 9.17) is 5.73 Å². The topological polar surface area (TPSA) is 68.0 Å². The molecule has 0 saturated carbocycles. The molecule has 3 N–H and O–H groups in total. The monoisotopic (exact) mass is 207 g/mol. The minimum Gasteiger partial charge on any atom is -0.397 e. The van der Waals surface area contributed by atoms with Crippen LogP contribution < -0.4 is 11.1 Å². The number of aromatic nitrogens is 1. The van der Waals surface area contributed by atoms with Gasteiger partial charge in [-0.3, -0.25) is 9.78 Å². The van der Waals surface area contributed by atoms with Crippen molar-refractivity contribution in [3.63, 3.8) is 0 Å². The van der Waals surface area contributed by atoms with Gasteiger partial charge in [0.25, 0.3) is 0 Å². The first kappa shape index (κ1) is 11.5. The summed E-state index contributed by atoms with van der Waals surface area (Å²) >= 11 is 0. The molecule has 0 aliphatic rings. The summed E-state index contributed by atoms with van der Waals surface area (Å²) in [6.07, 6.45) is 1.84. The smallest absolute Gasteiger partial charge is 0.226 e. The van der Waals surface area contributed by atoms with Crippen LogP contribution in [-0.4, -0.2) is 16.4 Å². The molecule has 0 bridgehead atoms. The van der Waals surface area contributed by atoms with Crippen molar-refractivity contribution in [1.82, 2.24) is 10.3 Å². The molecule has 1 heterocycles. The van der Waals surface area contributed by atoms with Gasteiger partial charge in [-0.25, -0.2) is 0 Å². The number of amides is 1. The van der Waals surface area contributed by atoms with Crippen LogP contribution in [0.5, 0.6) is 0 Å². The van der Waals surface area contributed by atoms with Gasteiger partial charge in [0.15, 0.2) is 0 Å². The summed E-state index contributed by atoms with van der Waals surface area (Å²) < 4.78 is 0. The van der Waals surface area contributed by atoms with Crippen molar-refractivity contribution in [2.75, 3.05) is 5.73 Å². The van der Waals surface area contributed by atoms with Crippen molar-refractivity contribution in [1.29, 1.82) is 0 Å². The lowest BCUT2D eigenvalue weighted by Gasteiger charge is -2.20. The number of hydrogen-bond acceptors (Lipinski definition) is 3. The van der Waals surface area contributed by atoms with E-state index in [9.17, 15) is 4.79 Å². The molecule has 0 aromatic carbocycles. The number of carbonyl (C=O) groups is 1. The molecule has 1 aromatic heterocycles. The van der Waals surface area contributed by atoms with Crippen molar-refractivity contribution >= 4 is 11.6 Å². The van der Waals surface area contributed by atoms with Crippen molar-refractivity contribution < 1.29 is 4.79 Å². The molecule has 0 spiro atoms. The van der Waals surface area contributed by atoms with Gasteiger partial charge in [0.05, 0.1) is 18.3 Å². The Bertz CT molecular complexity index is 338. The number of nitrogen functional groups attached to an aromatic ring is 1. The fourth-order valence-electron chi connectivity index (χ4n) is 1.17. The maximum atomic E-state index is 11.5. The van der Waals surface area contributed by atoms with Crippen LogP contribution in [-0.2, 0) is 11.2 Å². The standard InChI is InChI=1S/C11H17N3O/c1-11(2,3)14-10(15)6-9-5-4-8(12)7-13-9/h4-5,7H,6,12H2,1-3H3,(H,14,15). The van der Waals surface area contributed by atoms with Gasteiger partial charge in [0.1, 0.15) is 0 Å². The average Bonchev–Trinajstić information content (AvgIpc) is 2.05. The first-order valence-electron chi connectivity index (χ1n) is 4.88. The maximum absolute atomic E-state index is 11.5. The zero-order valence-corrected chi connectivity index (χ0v) is 9.37. The normalized spacial score (nSPS) is 11.1. The van der Waals surface area contributed by atoms with E-state index in [2.05, 4.69) is 10.3 Å². The fourth-order valence-corrected chi connectivity index (χ4v) is 1.17. The van der Waals surface area contributed by atoms with Crippen LogP contribution in [0.3, 0.4) is 0 Å². The molecule has 4 heteroatoms. The largest absolute Gasteiger partial charge is 0.397 e. The van der Waals surface area contributed by atoms with E-state index in [0.29, 0.717) is 5.69 Å². The molecule has 82 valence electrons. The highest BCUT2D eigenvalue weighted by Gasteiger charge is 2.14. The van der Waals surface area contributed by atoms with Gasteiger partial charge in [-0.05, 0) is 32.9 Å². The Balaban J connectivity index is 2.55. The summed E-state index contributed by atoms with van der Waals surface area (Å²) in [5.41, 5.74) is 6.63. The van der Waals surface area contributed by atoms with E-state index < -0.39 is 0 Å². The quantitative estimate of drug-likeness (QED) is 0.763. The third-order valence-corrected chi connectivity index (χ3v) is 1.70. The van der Waals surface area contributed by atoms with Gasteiger partial charge in [-0.15, -0.1) is 0 Å². The highest BCUT2D eigenvalue weighted by molar-refractivity contribution is 5.78. The molecule has 15 heavy (non-hydrogen) atoms. The number of anilines is 1. The zero-order chi connectivity index (χ0) is 11.5. The molecule has 0 fully saturated rings. The summed E-state index contributed by atoms with van der Waals surface area (Å²) in [4.78, 5) is 15.6. The Kier molecular flexibility index (Phi) is 3.29. The van der Waals surface area contributed by atoms with E-state index in [1.165, 1.54) is 0 Å². The Labute approximate surface area is 89.9 Å². The summed E-state index contributed by atoms with van der Waals surface area (Å²) in [5.74, 6) is -0.0280.